The third-order valence-corrected chi connectivity index (χ3v) is 6.90. The fraction of sp³-hybridized carbons (Fsp3) is 0.650. The van der Waals surface area contributed by atoms with Gasteiger partial charge < -0.3 is 10.1 Å². The molecular weight excluding hydrogens is 394 g/mol. The van der Waals surface area contributed by atoms with Crippen molar-refractivity contribution in [2.75, 3.05) is 18.9 Å². The summed E-state index contributed by atoms with van der Waals surface area (Å²) in [6, 6.07) is 0. The van der Waals surface area contributed by atoms with Crippen molar-refractivity contribution >= 4 is 39.2 Å². The number of hydrogen-bond acceptors (Lipinski definition) is 6. The zero-order valence-electron chi connectivity index (χ0n) is 17.0. The molecule has 0 aromatic carbocycles. The van der Waals surface area contributed by atoms with Crippen LogP contribution < -0.4 is 10.9 Å². The van der Waals surface area contributed by atoms with Crippen molar-refractivity contribution in [3.8, 4) is 0 Å². The lowest BCUT2D eigenvalue weighted by Gasteiger charge is -2.16. The number of hydrogen-bond donors (Lipinski definition) is 1. The molecule has 0 radical (unpaired) electrons. The smallest absolute Gasteiger partial charge is 0.263 e. The van der Waals surface area contributed by atoms with Crippen molar-refractivity contribution in [2.24, 2.45) is 5.92 Å². The highest BCUT2D eigenvalue weighted by atomic mass is 32.2. The minimum Gasteiger partial charge on any atom is -0.376 e. The normalized spacial score (nSPS) is 17.0. The van der Waals surface area contributed by atoms with Gasteiger partial charge in [0, 0.05) is 18.0 Å². The lowest BCUT2D eigenvalue weighted by Crippen LogP contribution is -2.31. The second kappa shape index (κ2) is 9.41. The van der Waals surface area contributed by atoms with Gasteiger partial charge in [-0.15, -0.1) is 11.3 Å². The molecule has 1 amide bonds. The standard InChI is InChI=1S/C20H29N3O3S2/c1-5-15-13(4)28-18-17(15)19(25)23(10-14-7-6-8-26-14)20(22-18)27-11-16(24)21-9-12(2)3/h12,14H,5-11H2,1-4H3,(H,21,24). The molecule has 2 aromatic heterocycles. The quantitative estimate of drug-likeness (QED) is 0.521. The largest absolute Gasteiger partial charge is 0.376 e. The molecule has 1 aliphatic heterocycles. The molecular formula is C20H29N3O3S2. The first kappa shape index (κ1) is 21.3. The van der Waals surface area contributed by atoms with Crippen LogP contribution in [0.5, 0.6) is 0 Å². The van der Waals surface area contributed by atoms with Crippen molar-refractivity contribution in [1.82, 2.24) is 14.9 Å². The molecule has 2 aromatic rings. The van der Waals surface area contributed by atoms with Gasteiger partial charge in [-0.3, -0.25) is 14.2 Å². The van der Waals surface area contributed by atoms with Crippen LogP contribution in [0.25, 0.3) is 10.2 Å². The van der Waals surface area contributed by atoms with Crippen molar-refractivity contribution < 1.29 is 9.53 Å². The number of fused-ring (bicyclic) bond motifs is 1. The molecule has 0 saturated carbocycles. The number of thioether (sulfide) groups is 1. The lowest BCUT2D eigenvalue weighted by molar-refractivity contribution is -0.118. The monoisotopic (exact) mass is 423 g/mol. The summed E-state index contributed by atoms with van der Waals surface area (Å²) in [5, 5.41) is 4.26. The third-order valence-electron chi connectivity index (χ3n) is 4.88. The van der Waals surface area contributed by atoms with E-state index >= 15 is 0 Å². The molecule has 1 saturated heterocycles. The van der Waals surface area contributed by atoms with Gasteiger partial charge in [0.05, 0.1) is 23.8 Å². The molecule has 3 heterocycles. The van der Waals surface area contributed by atoms with E-state index < -0.39 is 0 Å². The molecule has 1 aliphatic rings. The summed E-state index contributed by atoms with van der Waals surface area (Å²) in [5.41, 5.74) is 1.08. The van der Waals surface area contributed by atoms with Gasteiger partial charge in [-0.1, -0.05) is 32.5 Å². The Morgan fingerprint density at radius 2 is 2.25 bits per heavy atom. The number of rotatable bonds is 8. The van der Waals surface area contributed by atoms with Crippen LogP contribution in [-0.2, 0) is 22.5 Å². The fourth-order valence-corrected chi connectivity index (χ4v) is 5.41. The van der Waals surface area contributed by atoms with E-state index in [2.05, 4.69) is 26.1 Å². The molecule has 1 unspecified atom stereocenters. The van der Waals surface area contributed by atoms with Gasteiger partial charge in [0.2, 0.25) is 5.91 Å². The Hall–Kier alpha value is -1.38. The highest BCUT2D eigenvalue weighted by Crippen LogP contribution is 2.30. The second-order valence-corrected chi connectivity index (χ2v) is 9.75. The molecule has 154 valence electrons. The summed E-state index contributed by atoms with van der Waals surface area (Å²) in [6.07, 6.45) is 2.82. The molecule has 0 bridgehead atoms. The summed E-state index contributed by atoms with van der Waals surface area (Å²) in [6.45, 7) is 10.1. The Bertz CT molecular complexity index is 898. The number of aromatic nitrogens is 2. The Balaban J connectivity index is 1.92. The highest BCUT2D eigenvalue weighted by molar-refractivity contribution is 7.99. The highest BCUT2D eigenvalue weighted by Gasteiger charge is 2.23. The summed E-state index contributed by atoms with van der Waals surface area (Å²) in [4.78, 5) is 32.2. The van der Waals surface area contributed by atoms with Crippen LogP contribution in [0.1, 0.15) is 44.1 Å². The van der Waals surface area contributed by atoms with Gasteiger partial charge in [-0.25, -0.2) is 4.98 Å². The molecule has 3 rings (SSSR count). The van der Waals surface area contributed by atoms with Crippen molar-refractivity contribution in [2.45, 2.75) is 64.8 Å². The summed E-state index contributed by atoms with van der Waals surface area (Å²) >= 11 is 2.89. The summed E-state index contributed by atoms with van der Waals surface area (Å²) in [5.74, 6) is 0.622. The van der Waals surface area contributed by atoms with E-state index in [-0.39, 0.29) is 23.3 Å². The number of aryl methyl sites for hydroxylation is 2. The van der Waals surface area contributed by atoms with Gasteiger partial charge in [-0.2, -0.15) is 0 Å². The molecule has 6 nitrogen and oxygen atoms in total. The lowest BCUT2D eigenvalue weighted by atomic mass is 10.1. The molecule has 1 N–H and O–H groups in total. The number of carbonyl (C=O) groups excluding carboxylic acids is 1. The number of nitrogens with one attached hydrogen (secondary N) is 1. The van der Waals surface area contributed by atoms with E-state index in [0.717, 1.165) is 46.5 Å². The Labute approximate surface area is 174 Å². The first-order valence-electron chi connectivity index (χ1n) is 9.94. The van der Waals surface area contributed by atoms with E-state index in [1.54, 1.807) is 15.9 Å². The number of thiophene rings is 1. The van der Waals surface area contributed by atoms with Gasteiger partial charge in [0.15, 0.2) is 5.16 Å². The topological polar surface area (TPSA) is 73.2 Å². The maximum absolute atomic E-state index is 13.3. The van der Waals surface area contributed by atoms with Gasteiger partial charge in [0.25, 0.3) is 5.56 Å². The molecule has 8 heteroatoms. The zero-order chi connectivity index (χ0) is 20.3. The summed E-state index contributed by atoms with van der Waals surface area (Å²) in [7, 11) is 0. The van der Waals surface area contributed by atoms with Crippen LogP contribution in [0.4, 0.5) is 0 Å². The predicted molar refractivity (Wildman–Crippen MR) is 116 cm³/mol. The van der Waals surface area contributed by atoms with Crippen LogP contribution in [0, 0.1) is 12.8 Å². The van der Waals surface area contributed by atoms with Crippen molar-refractivity contribution in [3.63, 3.8) is 0 Å². The average molecular weight is 424 g/mol. The number of carbonyl (C=O) groups is 1. The molecule has 1 fully saturated rings. The minimum atomic E-state index is -0.0340. The third kappa shape index (κ3) is 4.78. The number of ether oxygens (including phenoxy) is 1. The fourth-order valence-electron chi connectivity index (χ4n) is 3.42. The van der Waals surface area contributed by atoms with E-state index in [4.69, 9.17) is 9.72 Å². The Morgan fingerprint density at radius 3 is 2.89 bits per heavy atom. The van der Waals surface area contributed by atoms with Crippen molar-refractivity contribution in [1.29, 1.82) is 0 Å². The SMILES string of the molecule is CCc1c(C)sc2nc(SCC(=O)NCC(C)C)n(CC3CCCO3)c(=O)c12. The maximum atomic E-state index is 13.3. The van der Waals surface area contributed by atoms with Crippen LogP contribution >= 0.6 is 23.1 Å². The Morgan fingerprint density at radius 1 is 1.46 bits per heavy atom. The predicted octanol–water partition coefficient (Wildman–Crippen LogP) is 3.37. The van der Waals surface area contributed by atoms with E-state index in [1.807, 2.05) is 6.92 Å². The molecule has 1 atom stereocenters. The second-order valence-electron chi connectivity index (χ2n) is 7.60. The van der Waals surface area contributed by atoms with Crippen LogP contribution in [0.2, 0.25) is 0 Å². The molecule has 0 aliphatic carbocycles. The van der Waals surface area contributed by atoms with Gasteiger partial charge >= 0.3 is 0 Å². The van der Waals surface area contributed by atoms with E-state index in [9.17, 15) is 9.59 Å². The maximum Gasteiger partial charge on any atom is 0.263 e. The zero-order valence-corrected chi connectivity index (χ0v) is 18.7. The van der Waals surface area contributed by atoms with E-state index in [1.165, 1.54) is 11.8 Å². The average Bonchev–Trinajstić information content (AvgIpc) is 3.27. The van der Waals surface area contributed by atoms with Crippen LogP contribution in [-0.4, -0.2) is 40.5 Å². The van der Waals surface area contributed by atoms with Gasteiger partial charge in [0.1, 0.15) is 4.83 Å². The van der Waals surface area contributed by atoms with Crippen LogP contribution in [0.3, 0.4) is 0 Å². The minimum absolute atomic E-state index is 0.00760. The van der Waals surface area contributed by atoms with Crippen LogP contribution in [0.15, 0.2) is 9.95 Å². The Kier molecular flexibility index (Phi) is 7.17. The first-order valence-corrected chi connectivity index (χ1v) is 11.7. The molecule has 0 spiro atoms. The van der Waals surface area contributed by atoms with Gasteiger partial charge in [-0.05, 0) is 37.7 Å². The first-order chi connectivity index (χ1) is 13.4. The van der Waals surface area contributed by atoms with Crippen molar-refractivity contribution in [3.05, 3.63) is 20.8 Å². The number of nitrogens with zero attached hydrogens (tertiary/aromatic N) is 2. The number of amides is 1. The van der Waals surface area contributed by atoms with E-state index in [0.29, 0.717) is 24.2 Å². The molecule has 28 heavy (non-hydrogen) atoms. The summed E-state index contributed by atoms with van der Waals surface area (Å²) < 4.78 is 7.48.